The number of benzene rings is 2. The van der Waals surface area contributed by atoms with Gasteiger partial charge in [-0.2, -0.15) is 5.26 Å². The van der Waals surface area contributed by atoms with Crippen LogP contribution in [0.1, 0.15) is 22.8 Å². The molecule has 2 amide bonds. The normalized spacial score (nSPS) is 15.9. The number of nitriles is 1. The van der Waals surface area contributed by atoms with Gasteiger partial charge in [0.2, 0.25) is 5.91 Å². The van der Waals surface area contributed by atoms with Gasteiger partial charge in [0.15, 0.2) is 0 Å². The molecule has 0 fully saturated rings. The predicted molar refractivity (Wildman–Crippen MR) is 94.5 cm³/mol. The number of thioether (sulfide) groups is 1. The summed E-state index contributed by atoms with van der Waals surface area (Å²) in [4.78, 5) is 25.1. The van der Waals surface area contributed by atoms with E-state index in [0.29, 0.717) is 22.5 Å². The second-order valence-electron chi connectivity index (χ2n) is 5.22. The zero-order chi connectivity index (χ0) is 17.3. The van der Waals surface area contributed by atoms with E-state index >= 15 is 0 Å². The van der Waals surface area contributed by atoms with E-state index in [-0.39, 0.29) is 22.1 Å². The minimum Gasteiger partial charge on any atom is -0.324 e. The lowest BCUT2D eigenvalue weighted by Crippen LogP contribution is -2.26. The molecule has 1 heterocycles. The molecule has 0 aliphatic carbocycles. The summed E-state index contributed by atoms with van der Waals surface area (Å²) in [5.74, 6) is -0.402. The Morgan fingerprint density at radius 1 is 1.33 bits per heavy atom. The van der Waals surface area contributed by atoms with Crippen LogP contribution in [-0.4, -0.2) is 17.1 Å². The number of carbonyl (C=O) groups is 2. The van der Waals surface area contributed by atoms with Crippen LogP contribution in [0, 0.1) is 11.3 Å². The van der Waals surface area contributed by atoms with Gasteiger partial charge in [0.1, 0.15) is 6.07 Å². The van der Waals surface area contributed by atoms with Gasteiger partial charge >= 0.3 is 0 Å². The molecule has 1 aliphatic rings. The van der Waals surface area contributed by atoms with Gasteiger partial charge in [0.05, 0.1) is 21.5 Å². The average Bonchev–Trinajstić information content (AvgIpc) is 2.55. The highest BCUT2D eigenvalue weighted by Gasteiger charge is 2.23. The summed E-state index contributed by atoms with van der Waals surface area (Å²) < 4.78 is 0. The van der Waals surface area contributed by atoms with Crippen LogP contribution in [0.5, 0.6) is 0 Å². The number of hydrogen-bond acceptors (Lipinski definition) is 4. The van der Waals surface area contributed by atoms with E-state index in [2.05, 4.69) is 10.6 Å². The first-order valence-electron chi connectivity index (χ1n) is 7.10. The van der Waals surface area contributed by atoms with Gasteiger partial charge in [-0.1, -0.05) is 11.6 Å². The first-order valence-corrected chi connectivity index (χ1v) is 8.36. The van der Waals surface area contributed by atoms with Crippen molar-refractivity contribution in [2.75, 3.05) is 10.6 Å². The Labute approximate surface area is 148 Å². The molecule has 0 saturated heterocycles. The van der Waals surface area contributed by atoms with Crippen LogP contribution < -0.4 is 10.6 Å². The first-order chi connectivity index (χ1) is 11.5. The van der Waals surface area contributed by atoms with Crippen LogP contribution in [0.15, 0.2) is 41.3 Å². The minimum atomic E-state index is -0.323. The third kappa shape index (κ3) is 3.23. The zero-order valence-corrected chi connectivity index (χ0v) is 14.2. The highest BCUT2D eigenvalue weighted by Crippen LogP contribution is 2.36. The van der Waals surface area contributed by atoms with Crippen LogP contribution in [0.2, 0.25) is 5.02 Å². The molecule has 1 atom stereocenters. The van der Waals surface area contributed by atoms with E-state index in [9.17, 15) is 9.59 Å². The van der Waals surface area contributed by atoms with Crippen molar-refractivity contribution in [2.24, 2.45) is 0 Å². The Hall–Kier alpha value is -2.49. The molecule has 24 heavy (non-hydrogen) atoms. The monoisotopic (exact) mass is 357 g/mol. The number of nitrogens with zero attached hydrogens (tertiary/aromatic N) is 1. The van der Waals surface area contributed by atoms with Crippen molar-refractivity contribution in [3.63, 3.8) is 0 Å². The maximum Gasteiger partial charge on any atom is 0.255 e. The molecule has 0 radical (unpaired) electrons. The fourth-order valence-corrected chi connectivity index (χ4v) is 3.39. The van der Waals surface area contributed by atoms with Crippen molar-refractivity contribution in [2.45, 2.75) is 17.1 Å². The van der Waals surface area contributed by atoms with E-state index in [1.807, 2.05) is 19.1 Å². The number of halogens is 1. The summed E-state index contributed by atoms with van der Waals surface area (Å²) in [5.41, 5.74) is 1.89. The van der Waals surface area contributed by atoms with E-state index < -0.39 is 0 Å². The van der Waals surface area contributed by atoms with Gasteiger partial charge in [0, 0.05) is 16.1 Å². The summed E-state index contributed by atoms with van der Waals surface area (Å²) in [7, 11) is 0. The van der Waals surface area contributed by atoms with Crippen LogP contribution in [-0.2, 0) is 4.79 Å². The largest absolute Gasteiger partial charge is 0.324 e. The van der Waals surface area contributed by atoms with E-state index in [1.54, 1.807) is 24.3 Å². The van der Waals surface area contributed by atoms with Crippen LogP contribution >= 0.6 is 23.4 Å². The maximum absolute atomic E-state index is 12.4. The highest BCUT2D eigenvalue weighted by molar-refractivity contribution is 8.00. The Morgan fingerprint density at radius 2 is 2.12 bits per heavy atom. The molecule has 0 bridgehead atoms. The quantitative estimate of drug-likeness (QED) is 0.854. The smallest absolute Gasteiger partial charge is 0.255 e. The molecular weight excluding hydrogens is 346 g/mol. The van der Waals surface area contributed by atoms with Gasteiger partial charge in [-0.05, 0) is 43.3 Å². The van der Waals surface area contributed by atoms with Crippen molar-refractivity contribution in [1.29, 1.82) is 5.26 Å². The van der Waals surface area contributed by atoms with Crippen molar-refractivity contribution in [3.05, 3.63) is 52.5 Å². The van der Waals surface area contributed by atoms with Gasteiger partial charge in [0.25, 0.3) is 5.91 Å². The fourth-order valence-electron chi connectivity index (χ4n) is 2.24. The number of anilines is 2. The third-order valence-corrected chi connectivity index (χ3v) is 5.01. The first kappa shape index (κ1) is 16.4. The maximum atomic E-state index is 12.4. The summed E-state index contributed by atoms with van der Waals surface area (Å²) in [6, 6.07) is 11.8. The SMILES string of the molecule is CC1Sc2ccc(C(=O)Nc3ccc(C#N)c(Cl)c3)cc2NC1=O. The lowest BCUT2D eigenvalue weighted by molar-refractivity contribution is -0.115. The lowest BCUT2D eigenvalue weighted by atomic mass is 10.1. The van der Waals surface area contributed by atoms with E-state index in [0.717, 1.165) is 4.90 Å². The second-order valence-corrected chi connectivity index (χ2v) is 7.01. The molecule has 120 valence electrons. The van der Waals surface area contributed by atoms with Crippen molar-refractivity contribution in [1.82, 2.24) is 0 Å². The third-order valence-electron chi connectivity index (χ3n) is 3.52. The van der Waals surface area contributed by atoms with Gasteiger partial charge in [-0.3, -0.25) is 9.59 Å². The summed E-state index contributed by atoms with van der Waals surface area (Å²) >= 11 is 7.42. The van der Waals surface area contributed by atoms with E-state index in [4.69, 9.17) is 16.9 Å². The number of amides is 2. The Kier molecular flexibility index (Phi) is 4.47. The molecule has 3 rings (SSSR count). The number of carbonyl (C=O) groups excluding carboxylic acids is 2. The molecule has 1 unspecified atom stereocenters. The van der Waals surface area contributed by atoms with Gasteiger partial charge < -0.3 is 10.6 Å². The second kappa shape index (κ2) is 6.56. The summed E-state index contributed by atoms with van der Waals surface area (Å²) in [6.07, 6.45) is 0. The average molecular weight is 358 g/mol. The molecule has 2 aromatic rings. The Bertz CT molecular complexity index is 892. The molecule has 5 nitrogen and oxygen atoms in total. The van der Waals surface area contributed by atoms with Crippen molar-refractivity contribution >= 4 is 46.6 Å². The number of rotatable bonds is 2. The zero-order valence-electron chi connectivity index (χ0n) is 12.6. The molecule has 0 aromatic heterocycles. The molecule has 2 N–H and O–H groups in total. The van der Waals surface area contributed by atoms with Crippen LogP contribution in [0.25, 0.3) is 0 Å². The molecule has 7 heteroatoms. The standard InChI is InChI=1S/C17H12ClN3O2S/c1-9-16(22)21-14-6-10(3-5-15(14)24-9)17(23)20-12-4-2-11(8-19)13(18)7-12/h2-7,9H,1H3,(H,20,23)(H,21,22). The Balaban J connectivity index is 1.81. The molecule has 0 spiro atoms. The summed E-state index contributed by atoms with van der Waals surface area (Å²) in [6.45, 7) is 1.83. The number of hydrogen-bond donors (Lipinski definition) is 2. The molecule has 0 saturated carbocycles. The number of nitrogens with one attached hydrogen (secondary N) is 2. The molecular formula is C17H12ClN3O2S. The predicted octanol–water partition coefficient (Wildman–Crippen LogP) is 3.90. The topological polar surface area (TPSA) is 82.0 Å². The molecule has 2 aromatic carbocycles. The van der Waals surface area contributed by atoms with Gasteiger partial charge in [-0.25, -0.2) is 0 Å². The van der Waals surface area contributed by atoms with E-state index in [1.165, 1.54) is 17.8 Å². The number of fused-ring (bicyclic) bond motifs is 1. The fraction of sp³-hybridized carbons (Fsp3) is 0.118. The van der Waals surface area contributed by atoms with Crippen molar-refractivity contribution < 1.29 is 9.59 Å². The van der Waals surface area contributed by atoms with Gasteiger partial charge in [-0.15, -0.1) is 11.8 Å². The lowest BCUT2D eigenvalue weighted by Gasteiger charge is -2.21. The van der Waals surface area contributed by atoms with Crippen molar-refractivity contribution in [3.8, 4) is 6.07 Å². The minimum absolute atomic E-state index is 0.0797. The van der Waals surface area contributed by atoms with Crippen LogP contribution in [0.3, 0.4) is 0 Å². The highest BCUT2D eigenvalue weighted by atomic mass is 35.5. The molecule has 1 aliphatic heterocycles. The summed E-state index contributed by atoms with van der Waals surface area (Å²) in [5, 5.41) is 14.5. The Morgan fingerprint density at radius 3 is 2.83 bits per heavy atom. The van der Waals surface area contributed by atoms with Crippen LogP contribution in [0.4, 0.5) is 11.4 Å².